The number of phenolic OH excluding ortho intramolecular Hbond substituents is 1. The number of esters is 1. The first kappa shape index (κ1) is 14.4. The lowest BCUT2D eigenvalue weighted by Crippen LogP contribution is -2.48. The molecule has 0 saturated carbocycles. The number of aryl methyl sites for hydroxylation is 1. The van der Waals surface area contributed by atoms with Gasteiger partial charge >= 0.3 is 5.97 Å². The maximum Gasteiger partial charge on any atom is 0.328 e. The largest absolute Gasteiger partial charge is 0.507 e. The van der Waals surface area contributed by atoms with Gasteiger partial charge in [0, 0.05) is 6.54 Å². The first-order valence-electron chi connectivity index (χ1n) is 6.73. The standard InChI is InChI=1S/C15H19NO4/c1-10-6-7-13(17)11(9-10)14(18)16-8-4-3-5-12(16)15(19)20-2/h6-7,9,12,17H,3-5,8H2,1-2H3/t12-/m1/s1. The second-order valence-electron chi connectivity index (χ2n) is 5.05. The van der Waals surface area contributed by atoms with Crippen molar-refractivity contribution in [2.75, 3.05) is 13.7 Å². The van der Waals surface area contributed by atoms with Crippen molar-refractivity contribution < 1.29 is 19.4 Å². The van der Waals surface area contributed by atoms with E-state index in [-0.39, 0.29) is 17.2 Å². The Labute approximate surface area is 118 Å². The number of aromatic hydroxyl groups is 1. The summed E-state index contributed by atoms with van der Waals surface area (Å²) >= 11 is 0. The summed E-state index contributed by atoms with van der Waals surface area (Å²) in [7, 11) is 1.32. The smallest absolute Gasteiger partial charge is 0.328 e. The molecule has 1 heterocycles. The van der Waals surface area contributed by atoms with Gasteiger partial charge in [-0.05, 0) is 38.3 Å². The molecule has 1 saturated heterocycles. The Morgan fingerprint density at radius 2 is 2.10 bits per heavy atom. The van der Waals surface area contributed by atoms with Crippen LogP contribution in [0.5, 0.6) is 5.75 Å². The number of carbonyl (C=O) groups is 2. The average molecular weight is 277 g/mol. The molecule has 1 aromatic rings. The topological polar surface area (TPSA) is 66.8 Å². The van der Waals surface area contributed by atoms with Crippen LogP contribution in [0, 0.1) is 6.92 Å². The number of carbonyl (C=O) groups excluding carboxylic acids is 2. The van der Waals surface area contributed by atoms with Crippen molar-refractivity contribution in [2.24, 2.45) is 0 Å². The van der Waals surface area contributed by atoms with Crippen LogP contribution >= 0.6 is 0 Å². The molecule has 0 bridgehead atoms. The first-order valence-corrected chi connectivity index (χ1v) is 6.73. The zero-order valence-corrected chi connectivity index (χ0v) is 11.8. The third-order valence-corrected chi connectivity index (χ3v) is 3.62. The van der Waals surface area contributed by atoms with E-state index in [9.17, 15) is 14.7 Å². The fraction of sp³-hybridized carbons (Fsp3) is 0.467. The Balaban J connectivity index is 2.30. The molecule has 0 aliphatic carbocycles. The van der Waals surface area contributed by atoms with E-state index in [1.165, 1.54) is 18.1 Å². The summed E-state index contributed by atoms with van der Waals surface area (Å²) in [6, 6.07) is 4.32. The van der Waals surface area contributed by atoms with Crippen LogP contribution in [0.3, 0.4) is 0 Å². The van der Waals surface area contributed by atoms with Crippen LogP contribution in [0.4, 0.5) is 0 Å². The first-order chi connectivity index (χ1) is 9.54. The summed E-state index contributed by atoms with van der Waals surface area (Å²) < 4.78 is 4.76. The fourth-order valence-electron chi connectivity index (χ4n) is 2.53. The van der Waals surface area contributed by atoms with Crippen LogP contribution in [0.25, 0.3) is 0 Å². The Hall–Kier alpha value is -2.04. The van der Waals surface area contributed by atoms with Crippen molar-refractivity contribution in [3.05, 3.63) is 29.3 Å². The number of rotatable bonds is 2. The monoisotopic (exact) mass is 277 g/mol. The summed E-state index contributed by atoms with van der Waals surface area (Å²) in [5, 5.41) is 9.85. The molecule has 0 aromatic heterocycles. The maximum atomic E-state index is 12.6. The third kappa shape index (κ3) is 2.76. The lowest BCUT2D eigenvalue weighted by molar-refractivity contribution is -0.147. The summed E-state index contributed by atoms with van der Waals surface area (Å²) in [6.45, 7) is 2.36. The predicted molar refractivity (Wildman–Crippen MR) is 73.5 cm³/mol. The van der Waals surface area contributed by atoms with Gasteiger partial charge in [-0.25, -0.2) is 4.79 Å². The van der Waals surface area contributed by atoms with E-state index in [1.54, 1.807) is 12.1 Å². The van der Waals surface area contributed by atoms with Crippen LogP contribution in [0.2, 0.25) is 0 Å². The van der Waals surface area contributed by atoms with Crippen LogP contribution in [0.1, 0.15) is 35.2 Å². The number of methoxy groups -OCH3 is 1. The van der Waals surface area contributed by atoms with Crippen molar-refractivity contribution >= 4 is 11.9 Å². The van der Waals surface area contributed by atoms with E-state index in [0.29, 0.717) is 13.0 Å². The van der Waals surface area contributed by atoms with E-state index in [2.05, 4.69) is 0 Å². The van der Waals surface area contributed by atoms with E-state index >= 15 is 0 Å². The molecule has 1 fully saturated rings. The molecule has 1 aliphatic heterocycles. The van der Waals surface area contributed by atoms with Gasteiger partial charge in [-0.2, -0.15) is 0 Å². The number of hydrogen-bond donors (Lipinski definition) is 1. The van der Waals surface area contributed by atoms with Gasteiger partial charge < -0.3 is 14.7 Å². The molecular formula is C15H19NO4. The van der Waals surface area contributed by atoms with Crippen LogP contribution in [-0.2, 0) is 9.53 Å². The number of benzene rings is 1. The second-order valence-corrected chi connectivity index (χ2v) is 5.05. The predicted octanol–water partition coefficient (Wildman–Crippen LogP) is 1.87. The van der Waals surface area contributed by atoms with Gasteiger partial charge in [0.05, 0.1) is 12.7 Å². The van der Waals surface area contributed by atoms with Crippen LogP contribution in [0.15, 0.2) is 18.2 Å². The number of likely N-dealkylation sites (tertiary alicyclic amines) is 1. The molecular weight excluding hydrogens is 258 g/mol. The summed E-state index contributed by atoms with van der Waals surface area (Å²) in [5.41, 5.74) is 1.12. The normalized spacial score (nSPS) is 18.7. The SMILES string of the molecule is COC(=O)[C@H]1CCCCN1C(=O)c1cc(C)ccc1O. The Morgan fingerprint density at radius 3 is 2.80 bits per heavy atom. The minimum atomic E-state index is -0.554. The van der Waals surface area contributed by atoms with Crippen molar-refractivity contribution in [1.29, 1.82) is 0 Å². The highest BCUT2D eigenvalue weighted by atomic mass is 16.5. The number of piperidine rings is 1. The molecule has 5 nitrogen and oxygen atoms in total. The number of ether oxygens (including phenoxy) is 1. The highest BCUT2D eigenvalue weighted by Gasteiger charge is 2.34. The molecule has 1 atom stereocenters. The van der Waals surface area contributed by atoms with Gasteiger partial charge in [-0.15, -0.1) is 0 Å². The average Bonchev–Trinajstić information content (AvgIpc) is 2.48. The van der Waals surface area contributed by atoms with Crippen molar-refractivity contribution in [3.8, 4) is 5.75 Å². The molecule has 5 heteroatoms. The molecule has 1 amide bonds. The van der Waals surface area contributed by atoms with Crippen molar-refractivity contribution in [3.63, 3.8) is 0 Å². The van der Waals surface area contributed by atoms with Crippen LogP contribution in [-0.4, -0.2) is 41.6 Å². The van der Waals surface area contributed by atoms with E-state index in [4.69, 9.17) is 4.74 Å². The maximum absolute atomic E-state index is 12.6. The number of phenols is 1. The van der Waals surface area contributed by atoms with Gasteiger partial charge in [-0.1, -0.05) is 11.6 Å². The van der Waals surface area contributed by atoms with E-state index in [1.807, 2.05) is 6.92 Å². The summed E-state index contributed by atoms with van der Waals surface area (Å²) in [4.78, 5) is 25.9. The number of hydrogen-bond acceptors (Lipinski definition) is 4. The van der Waals surface area contributed by atoms with Gasteiger partial charge in [0.15, 0.2) is 0 Å². The lowest BCUT2D eigenvalue weighted by Gasteiger charge is -2.34. The third-order valence-electron chi connectivity index (χ3n) is 3.62. The quantitative estimate of drug-likeness (QED) is 0.838. The molecule has 2 rings (SSSR count). The zero-order valence-electron chi connectivity index (χ0n) is 11.8. The fourth-order valence-corrected chi connectivity index (χ4v) is 2.53. The van der Waals surface area contributed by atoms with E-state index in [0.717, 1.165) is 18.4 Å². The van der Waals surface area contributed by atoms with Gasteiger partial charge in [0.1, 0.15) is 11.8 Å². The molecule has 108 valence electrons. The molecule has 20 heavy (non-hydrogen) atoms. The zero-order chi connectivity index (χ0) is 14.7. The minimum absolute atomic E-state index is 0.0604. The van der Waals surface area contributed by atoms with Crippen molar-refractivity contribution in [2.45, 2.75) is 32.2 Å². The van der Waals surface area contributed by atoms with Gasteiger partial charge in [-0.3, -0.25) is 4.79 Å². The molecule has 1 aromatic carbocycles. The Bertz CT molecular complexity index is 527. The highest BCUT2D eigenvalue weighted by Crippen LogP contribution is 2.25. The lowest BCUT2D eigenvalue weighted by atomic mass is 10.00. The van der Waals surface area contributed by atoms with Crippen LogP contribution < -0.4 is 0 Å². The second kappa shape index (κ2) is 5.94. The molecule has 0 spiro atoms. The summed E-state index contributed by atoms with van der Waals surface area (Å²) in [5.74, 6) is -0.777. The number of nitrogens with zero attached hydrogens (tertiary/aromatic N) is 1. The summed E-state index contributed by atoms with van der Waals surface area (Å²) in [6.07, 6.45) is 2.35. The van der Waals surface area contributed by atoms with Gasteiger partial charge in [0.25, 0.3) is 5.91 Å². The molecule has 1 N–H and O–H groups in total. The molecule has 1 aliphatic rings. The Morgan fingerprint density at radius 1 is 1.35 bits per heavy atom. The minimum Gasteiger partial charge on any atom is -0.507 e. The van der Waals surface area contributed by atoms with Gasteiger partial charge in [0.2, 0.25) is 0 Å². The van der Waals surface area contributed by atoms with E-state index < -0.39 is 12.0 Å². The van der Waals surface area contributed by atoms with Crippen molar-refractivity contribution in [1.82, 2.24) is 4.90 Å². The number of amides is 1. The molecule has 0 radical (unpaired) electrons. The highest BCUT2D eigenvalue weighted by molar-refractivity contribution is 5.99. The Kier molecular flexibility index (Phi) is 4.27. The molecule has 0 unspecified atom stereocenters.